The Balaban J connectivity index is 1.44. The molecule has 0 unspecified atom stereocenters. The molecule has 0 fully saturated rings. The first-order valence-electron chi connectivity index (χ1n) is 14.4. The summed E-state index contributed by atoms with van der Waals surface area (Å²) in [4.78, 5) is 0. The number of aliphatic hydroxyl groups is 1. The second-order valence-electron chi connectivity index (χ2n) is 12.0. The first-order chi connectivity index (χ1) is 22.4. The van der Waals surface area contributed by atoms with Crippen molar-refractivity contribution in [3.8, 4) is 23.0 Å². The topological polar surface area (TPSA) is 57.2 Å². The highest BCUT2D eigenvalue weighted by Crippen LogP contribution is 2.46. The molecule has 0 heterocycles. The van der Waals surface area contributed by atoms with E-state index in [1.165, 1.54) is 0 Å². The van der Waals surface area contributed by atoms with E-state index in [0.717, 1.165) is 69.5 Å². The third-order valence-electron chi connectivity index (χ3n) is 8.13. The number of rotatable bonds is 12. The molecule has 4 rings (SSSR count). The zero-order valence-corrected chi connectivity index (χ0v) is 39.4. The minimum absolute atomic E-state index is 0.0277. The van der Waals surface area contributed by atoms with Crippen molar-refractivity contribution in [1.82, 2.24) is 0 Å². The Morgan fingerprint density at radius 1 is 0.458 bits per heavy atom. The molecular formula is C35H32Br8O5. The Bertz CT molecular complexity index is 1600. The molecule has 48 heavy (non-hydrogen) atoms. The summed E-state index contributed by atoms with van der Waals surface area (Å²) in [7, 11) is 3.29. The molecule has 0 aromatic heterocycles. The Labute approximate surface area is 349 Å². The molecule has 258 valence electrons. The highest BCUT2D eigenvalue weighted by atomic mass is 79.9. The first kappa shape index (κ1) is 40.6. The van der Waals surface area contributed by atoms with Crippen molar-refractivity contribution in [2.75, 3.05) is 27.4 Å². The molecule has 4 aromatic carbocycles. The summed E-state index contributed by atoms with van der Waals surface area (Å²) in [6.45, 7) is 8.68. The van der Waals surface area contributed by atoms with E-state index in [1.807, 2.05) is 24.3 Å². The summed E-state index contributed by atoms with van der Waals surface area (Å²) >= 11 is 29.2. The van der Waals surface area contributed by atoms with E-state index in [0.29, 0.717) is 11.5 Å². The fourth-order valence-electron chi connectivity index (χ4n) is 5.09. The Morgan fingerprint density at radius 2 is 0.667 bits per heavy atom. The maximum absolute atomic E-state index is 10.8. The van der Waals surface area contributed by atoms with Crippen molar-refractivity contribution in [2.24, 2.45) is 0 Å². The second-order valence-corrected chi connectivity index (χ2v) is 18.8. The maximum atomic E-state index is 10.8. The lowest BCUT2D eigenvalue weighted by atomic mass is 9.78. The van der Waals surface area contributed by atoms with Crippen LogP contribution in [0.1, 0.15) is 49.9 Å². The van der Waals surface area contributed by atoms with E-state index < -0.39 is 6.10 Å². The fourth-order valence-corrected chi connectivity index (χ4v) is 10.9. The van der Waals surface area contributed by atoms with Crippen LogP contribution in [-0.4, -0.2) is 38.6 Å². The van der Waals surface area contributed by atoms with E-state index in [9.17, 15) is 5.11 Å². The maximum Gasteiger partial charge on any atom is 0.147 e. The zero-order chi connectivity index (χ0) is 35.7. The van der Waals surface area contributed by atoms with Gasteiger partial charge < -0.3 is 24.1 Å². The van der Waals surface area contributed by atoms with Crippen LogP contribution < -0.4 is 18.9 Å². The van der Waals surface area contributed by atoms with Crippen LogP contribution in [0.2, 0.25) is 0 Å². The normalized spacial score (nSPS) is 12.0. The lowest BCUT2D eigenvalue weighted by Gasteiger charge is -2.28. The average Bonchev–Trinajstić information content (AvgIpc) is 2.99. The van der Waals surface area contributed by atoms with Gasteiger partial charge in [0.05, 0.1) is 50.0 Å². The molecule has 0 aliphatic heterocycles. The van der Waals surface area contributed by atoms with Crippen LogP contribution in [0.15, 0.2) is 84.3 Å². The third kappa shape index (κ3) is 8.90. The highest BCUT2D eigenvalue weighted by molar-refractivity contribution is 9.12. The molecule has 5 nitrogen and oxygen atoms in total. The van der Waals surface area contributed by atoms with Crippen LogP contribution in [0.3, 0.4) is 0 Å². The van der Waals surface area contributed by atoms with E-state index in [-0.39, 0.29) is 24.0 Å². The Morgan fingerprint density at radius 3 is 0.875 bits per heavy atom. The summed E-state index contributed by atoms with van der Waals surface area (Å²) < 4.78 is 29.6. The number of methoxy groups -OCH3 is 2. The van der Waals surface area contributed by atoms with Crippen molar-refractivity contribution < 1.29 is 24.1 Å². The smallest absolute Gasteiger partial charge is 0.147 e. The van der Waals surface area contributed by atoms with Gasteiger partial charge >= 0.3 is 0 Å². The van der Waals surface area contributed by atoms with Crippen molar-refractivity contribution in [3.63, 3.8) is 0 Å². The van der Waals surface area contributed by atoms with Crippen molar-refractivity contribution >= 4 is 127 Å². The second kappa shape index (κ2) is 16.7. The van der Waals surface area contributed by atoms with Crippen LogP contribution in [0.5, 0.6) is 23.0 Å². The number of aliphatic hydroxyl groups excluding tert-OH is 1. The average molecular weight is 1170 g/mol. The van der Waals surface area contributed by atoms with Crippen molar-refractivity contribution in [1.29, 1.82) is 0 Å². The number of hydrogen-bond acceptors (Lipinski definition) is 5. The summed E-state index contributed by atoms with van der Waals surface area (Å²) in [6, 6.07) is 16.4. The van der Waals surface area contributed by atoms with Crippen molar-refractivity contribution in [3.05, 3.63) is 107 Å². The molecule has 13 heteroatoms. The van der Waals surface area contributed by atoms with E-state index in [4.69, 9.17) is 18.9 Å². The molecule has 0 spiro atoms. The van der Waals surface area contributed by atoms with Crippen molar-refractivity contribution in [2.45, 2.75) is 44.6 Å². The molecule has 4 aromatic rings. The Kier molecular flexibility index (Phi) is 14.1. The van der Waals surface area contributed by atoms with Crippen LogP contribution in [-0.2, 0) is 10.8 Å². The minimum atomic E-state index is -0.891. The number of halogens is 8. The van der Waals surface area contributed by atoms with Gasteiger partial charge in [-0.15, -0.1) is 0 Å². The van der Waals surface area contributed by atoms with Gasteiger partial charge in [-0.25, -0.2) is 0 Å². The third-order valence-corrected chi connectivity index (χ3v) is 12.8. The molecule has 0 aliphatic carbocycles. The predicted octanol–water partition coefficient (Wildman–Crippen LogP) is 13.3. The van der Waals surface area contributed by atoms with E-state index in [2.05, 4.69) is 179 Å². The number of benzene rings is 4. The van der Waals surface area contributed by atoms with E-state index >= 15 is 0 Å². The SMILES string of the molecule is COc1c(Br)cc(C(C)(C)c2cc(Br)c(OCC(O)COc3c(Br)cc(C(C)(C)c4cc(Br)c(OC)c(Br)c4)cc3Br)c(Br)c2)cc1Br. The number of ether oxygens (including phenoxy) is 4. The molecule has 0 saturated carbocycles. The molecular weight excluding hydrogens is 1140 g/mol. The zero-order valence-electron chi connectivity index (χ0n) is 26.7. The monoisotopic (exact) mass is 1160 g/mol. The summed E-state index contributed by atoms with van der Waals surface area (Å²) in [5, 5.41) is 10.8. The summed E-state index contributed by atoms with van der Waals surface area (Å²) in [6.07, 6.45) is -0.891. The van der Waals surface area contributed by atoms with Gasteiger partial charge in [0.1, 0.15) is 42.3 Å². The molecule has 0 aliphatic rings. The fraction of sp³-hybridized carbons (Fsp3) is 0.314. The van der Waals surface area contributed by atoms with Gasteiger partial charge in [0.15, 0.2) is 0 Å². The highest BCUT2D eigenvalue weighted by Gasteiger charge is 2.29. The number of hydrogen-bond donors (Lipinski definition) is 1. The molecule has 0 bridgehead atoms. The summed E-state index contributed by atoms with van der Waals surface area (Å²) in [5.74, 6) is 2.68. The van der Waals surface area contributed by atoms with Gasteiger partial charge in [0.2, 0.25) is 0 Å². The molecule has 0 atom stereocenters. The van der Waals surface area contributed by atoms with Crippen LogP contribution in [0.4, 0.5) is 0 Å². The van der Waals surface area contributed by atoms with Gasteiger partial charge in [-0.1, -0.05) is 27.7 Å². The largest absolute Gasteiger partial charge is 0.494 e. The minimum Gasteiger partial charge on any atom is -0.494 e. The van der Waals surface area contributed by atoms with Gasteiger partial charge in [-0.3, -0.25) is 0 Å². The lowest BCUT2D eigenvalue weighted by Crippen LogP contribution is -2.26. The predicted molar refractivity (Wildman–Crippen MR) is 222 cm³/mol. The van der Waals surface area contributed by atoms with Crippen LogP contribution >= 0.6 is 127 Å². The Hall–Kier alpha value is -0.120. The van der Waals surface area contributed by atoms with Gasteiger partial charge in [0.25, 0.3) is 0 Å². The first-order valence-corrected chi connectivity index (χ1v) is 20.8. The molecule has 0 amide bonds. The van der Waals surface area contributed by atoms with Crippen LogP contribution in [0, 0.1) is 0 Å². The van der Waals surface area contributed by atoms with Gasteiger partial charge in [0, 0.05) is 10.8 Å². The molecule has 0 radical (unpaired) electrons. The molecule has 1 N–H and O–H groups in total. The lowest BCUT2D eigenvalue weighted by molar-refractivity contribution is 0.0615. The standard InChI is InChI=1S/C35H32Br8O5/c1-34(2,17-7-22(36)30(45-5)23(37)8-17)19-11-26(40)32(27(41)12-19)47-15-21(44)16-48-33-28(42)13-20(14-29(33)43)35(3,4)18-9-24(38)31(46-6)25(39)10-18/h7-14,21,44H,15-16H2,1-6H3. The van der Waals surface area contributed by atoms with E-state index in [1.54, 1.807) is 14.2 Å². The van der Waals surface area contributed by atoms with Crippen LogP contribution in [0.25, 0.3) is 0 Å². The van der Waals surface area contributed by atoms with Gasteiger partial charge in [-0.05, 0) is 198 Å². The molecule has 0 saturated heterocycles. The van der Waals surface area contributed by atoms with Gasteiger partial charge in [-0.2, -0.15) is 0 Å². The summed E-state index contributed by atoms with van der Waals surface area (Å²) in [5.41, 5.74) is 3.63. The quantitative estimate of drug-likeness (QED) is 0.153.